The van der Waals surface area contributed by atoms with Gasteiger partial charge in [-0.05, 0) is 60.8 Å². The molecule has 3 nitrogen and oxygen atoms in total. The van der Waals surface area contributed by atoms with Gasteiger partial charge in [-0.1, -0.05) is 12.1 Å². The van der Waals surface area contributed by atoms with Crippen LogP contribution in [0.2, 0.25) is 0 Å². The van der Waals surface area contributed by atoms with Crippen molar-refractivity contribution in [2.24, 2.45) is 0 Å². The van der Waals surface area contributed by atoms with E-state index in [4.69, 9.17) is 12.2 Å². The first-order chi connectivity index (χ1) is 7.59. The lowest BCUT2D eigenvalue weighted by atomic mass is 10.2. The third-order valence-corrected chi connectivity index (χ3v) is 3.33. The predicted octanol–water partition coefficient (Wildman–Crippen LogP) is 3.79. The smallest absolute Gasteiger partial charge is 0.195 e. The number of aromatic nitrogens is 3. The number of nitrogens with one attached hydrogen (secondary N) is 1. The minimum absolute atomic E-state index is 0.306. The van der Waals surface area contributed by atoms with Crippen LogP contribution in [-0.2, 0) is 0 Å². The Hall–Kier alpha value is -0.690. The van der Waals surface area contributed by atoms with Crippen molar-refractivity contribution >= 4 is 34.8 Å². The van der Waals surface area contributed by atoms with Gasteiger partial charge in [0.1, 0.15) is 0 Å². The van der Waals surface area contributed by atoms with Gasteiger partial charge in [0.25, 0.3) is 0 Å². The van der Waals surface area contributed by atoms with Crippen LogP contribution in [0.4, 0.5) is 0 Å². The minimum atomic E-state index is 0.306. The molecule has 1 heterocycles. The van der Waals surface area contributed by atoms with Crippen LogP contribution < -0.4 is 0 Å². The lowest BCUT2D eigenvalue weighted by Crippen LogP contribution is -2.03. The molecule has 0 atom stereocenters. The first kappa shape index (κ1) is 11.8. The van der Waals surface area contributed by atoms with Crippen molar-refractivity contribution in [3.8, 4) is 11.4 Å². The Bertz CT molecular complexity index is 539. The molecular weight excluding hydrogens is 333 g/mol. The molecule has 84 valence electrons. The Kier molecular flexibility index (Phi) is 3.44. The molecule has 16 heavy (non-hydrogen) atoms. The van der Waals surface area contributed by atoms with Gasteiger partial charge in [0.05, 0.1) is 0 Å². The summed E-state index contributed by atoms with van der Waals surface area (Å²) in [6.07, 6.45) is 0. The highest BCUT2D eigenvalue weighted by Crippen LogP contribution is 2.21. The molecule has 1 aromatic heterocycles. The summed E-state index contributed by atoms with van der Waals surface area (Å²) in [7, 11) is 0. The number of H-pyrrole nitrogens is 1. The fourth-order valence-electron chi connectivity index (χ4n) is 1.59. The van der Waals surface area contributed by atoms with Gasteiger partial charge >= 0.3 is 0 Å². The molecule has 2 aromatic rings. The Morgan fingerprint density at radius 2 is 1.94 bits per heavy atom. The fraction of sp³-hybridized carbons (Fsp3) is 0.273. The molecule has 1 N–H and O–H groups in total. The van der Waals surface area contributed by atoms with Crippen molar-refractivity contribution in [1.82, 2.24) is 14.8 Å². The first-order valence-corrected chi connectivity index (χ1v) is 6.51. The van der Waals surface area contributed by atoms with Gasteiger partial charge in [-0.2, -0.15) is 5.10 Å². The summed E-state index contributed by atoms with van der Waals surface area (Å²) in [5.41, 5.74) is 1.08. The summed E-state index contributed by atoms with van der Waals surface area (Å²) >= 11 is 7.51. The number of aromatic amines is 1. The van der Waals surface area contributed by atoms with Crippen molar-refractivity contribution in [2.45, 2.75) is 19.9 Å². The Morgan fingerprint density at radius 3 is 2.50 bits per heavy atom. The molecule has 0 radical (unpaired) electrons. The zero-order valence-electron chi connectivity index (χ0n) is 9.07. The van der Waals surface area contributed by atoms with Gasteiger partial charge < -0.3 is 0 Å². The summed E-state index contributed by atoms with van der Waals surface area (Å²) in [5.74, 6) is 0.899. The van der Waals surface area contributed by atoms with Crippen LogP contribution in [0.25, 0.3) is 11.4 Å². The molecule has 0 saturated carbocycles. The molecule has 2 rings (SSSR count). The minimum Gasteiger partial charge on any atom is -0.298 e. The lowest BCUT2D eigenvalue weighted by Gasteiger charge is -2.10. The Balaban J connectivity index is 2.56. The average Bonchev–Trinajstić information content (AvgIpc) is 2.61. The molecule has 0 aliphatic rings. The third kappa shape index (κ3) is 2.20. The van der Waals surface area contributed by atoms with Crippen LogP contribution in [0.1, 0.15) is 19.9 Å². The van der Waals surface area contributed by atoms with Gasteiger partial charge in [0.2, 0.25) is 0 Å². The van der Waals surface area contributed by atoms with Gasteiger partial charge in [-0.15, -0.1) is 0 Å². The van der Waals surface area contributed by atoms with Crippen LogP contribution in [0, 0.1) is 8.34 Å². The zero-order valence-corrected chi connectivity index (χ0v) is 12.0. The van der Waals surface area contributed by atoms with Gasteiger partial charge in [-0.3, -0.25) is 9.67 Å². The van der Waals surface area contributed by atoms with E-state index in [0.717, 1.165) is 11.4 Å². The quantitative estimate of drug-likeness (QED) is 0.664. The first-order valence-electron chi connectivity index (χ1n) is 5.02. The topological polar surface area (TPSA) is 33.6 Å². The van der Waals surface area contributed by atoms with Crippen LogP contribution in [0.5, 0.6) is 0 Å². The molecule has 0 amide bonds. The highest BCUT2D eigenvalue weighted by atomic mass is 127. The fourth-order valence-corrected chi connectivity index (χ4v) is 2.29. The van der Waals surface area contributed by atoms with Gasteiger partial charge in [0.15, 0.2) is 10.6 Å². The van der Waals surface area contributed by atoms with E-state index in [-0.39, 0.29) is 0 Å². The van der Waals surface area contributed by atoms with Crippen LogP contribution >= 0.6 is 34.8 Å². The maximum atomic E-state index is 5.22. The molecule has 5 heteroatoms. The Morgan fingerprint density at radius 1 is 1.31 bits per heavy atom. The predicted molar refractivity (Wildman–Crippen MR) is 75.9 cm³/mol. The number of hydrogen-bond acceptors (Lipinski definition) is 2. The number of rotatable bonds is 2. The summed E-state index contributed by atoms with van der Waals surface area (Å²) < 4.78 is 3.91. The molecule has 0 bridgehead atoms. The molecular formula is C11H12IN3S. The number of nitrogens with zero attached hydrogens (tertiary/aromatic N) is 2. The number of benzene rings is 1. The number of halogens is 1. The number of hydrogen-bond donors (Lipinski definition) is 1. The third-order valence-electron chi connectivity index (χ3n) is 2.32. The van der Waals surface area contributed by atoms with Gasteiger partial charge in [0, 0.05) is 15.2 Å². The highest BCUT2D eigenvalue weighted by molar-refractivity contribution is 14.1. The monoisotopic (exact) mass is 345 g/mol. The average molecular weight is 345 g/mol. The van der Waals surface area contributed by atoms with E-state index in [1.807, 2.05) is 4.57 Å². The molecule has 0 spiro atoms. The SMILES string of the molecule is CC(C)n1c(-c2ccc(I)cc2)n[nH]c1=S. The summed E-state index contributed by atoms with van der Waals surface area (Å²) in [4.78, 5) is 0. The second-order valence-electron chi connectivity index (χ2n) is 3.82. The molecule has 0 fully saturated rings. The van der Waals surface area contributed by atoms with E-state index >= 15 is 0 Å². The highest BCUT2D eigenvalue weighted by Gasteiger charge is 2.10. The van der Waals surface area contributed by atoms with E-state index in [1.54, 1.807) is 0 Å². The second-order valence-corrected chi connectivity index (χ2v) is 5.46. The van der Waals surface area contributed by atoms with Crippen molar-refractivity contribution in [3.05, 3.63) is 32.6 Å². The molecule has 0 saturated heterocycles. The van der Waals surface area contributed by atoms with E-state index in [0.29, 0.717) is 10.8 Å². The van der Waals surface area contributed by atoms with Crippen molar-refractivity contribution in [3.63, 3.8) is 0 Å². The van der Waals surface area contributed by atoms with Crippen LogP contribution in [0.15, 0.2) is 24.3 Å². The van der Waals surface area contributed by atoms with E-state index < -0.39 is 0 Å². The molecule has 0 aliphatic carbocycles. The maximum Gasteiger partial charge on any atom is 0.195 e. The van der Waals surface area contributed by atoms with E-state index in [9.17, 15) is 0 Å². The van der Waals surface area contributed by atoms with Gasteiger partial charge in [-0.25, -0.2) is 0 Å². The largest absolute Gasteiger partial charge is 0.298 e. The normalized spacial score (nSPS) is 11.0. The van der Waals surface area contributed by atoms with Crippen molar-refractivity contribution < 1.29 is 0 Å². The van der Waals surface area contributed by atoms with E-state index in [2.05, 4.69) is 70.9 Å². The second kappa shape index (κ2) is 4.67. The molecule has 0 unspecified atom stereocenters. The standard InChI is InChI=1S/C11H12IN3S/c1-7(2)15-10(13-14-11(15)16)8-3-5-9(12)6-4-8/h3-7H,1-2H3,(H,14,16). The van der Waals surface area contributed by atoms with E-state index in [1.165, 1.54) is 3.57 Å². The van der Waals surface area contributed by atoms with Crippen LogP contribution in [-0.4, -0.2) is 14.8 Å². The summed E-state index contributed by atoms with van der Waals surface area (Å²) in [5, 5.41) is 7.13. The zero-order chi connectivity index (χ0) is 11.7. The summed E-state index contributed by atoms with van der Waals surface area (Å²) in [6.45, 7) is 4.20. The molecule has 0 aliphatic heterocycles. The molecule has 1 aromatic carbocycles. The Labute approximate surface area is 113 Å². The van der Waals surface area contributed by atoms with Crippen molar-refractivity contribution in [1.29, 1.82) is 0 Å². The lowest BCUT2D eigenvalue weighted by molar-refractivity contribution is 0.597. The summed E-state index contributed by atoms with van der Waals surface area (Å²) in [6, 6.07) is 8.56. The van der Waals surface area contributed by atoms with Crippen molar-refractivity contribution in [2.75, 3.05) is 0 Å². The maximum absolute atomic E-state index is 5.22. The van der Waals surface area contributed by atoms with Crippen LogP contribution in [0.3, 0.4) is 0 Å².